The SMILES string of the molecule is COC(=O)c1cnc(C(O)C(O)CN)s1. The maximum atomic E-state index is 11.1. The van der Waals surface area contributed by atoms with Crippen molar-refractivity contribution in [1.29, 1.82) is 0 Å². The van der Waals surface area contributed by atoms with Gasteiger partial charge in [0.2, 0.25) is 0 Å². The predicted molar refractivity (Wildman–Crippen MR) is 53.5 cm³/mol. The zero-order valence-corrected chi connectivity index (χ0v) is 8.90. The molecular weight excluding hydrogens is 220 g/mol. The molecule has 0 radical (unpaired) electrons. The van der Waals surface area contributed by atoms with E-state index < -0.39 is 18.2 Å². The number of carbonyl (C=O) groups is 1. The van der Waals surface area contributed by atoms with E-state index in [1.165, 1.54) is 13.3 Å². The first-order chi connectivity index (χ1) is 7.10. The summed E-state index contributed by atoms with van der Waals surface area (Å²) in [6.45, 7) is -0.0751. The summed E-state index contributed by atoms with van der Waals surface area (Å²) in [5, 5.41) is 19.0. The molecule has 0 saturated carbocycles. The second-order valence-electron chi connectivity index (χ2n) is 2.80. The number of thiazole rings is 1. The van der Waals surface area contributed by atoms with Gasteiger partial charge in [0, 0.05) is 6.54 Å². The van der Waals surface area contributed by atoms with E-state index in [0.717, 1.165) is 11.3 Å². The lowest BCUT2D eigenvalue weighted by molar-refractivity contribution is 0.0242. The minimum absolute atomic E-state index is 0.0751. The lowest BCUT2D eigenvalue weighted by Crippen LogP contribution is -2.27. The zero-order chi connectivity index (χ0) is 11.4. The topological polar surface area (TPSA) is 106 Å². The molecule has 6 nitrogen and oxygen atoms in total. The minimum Gasteiger partial charge on any atom is -0.465 e. The van der Waals surface area contributed by atoms with Gasteiger partial charge < -0.3 is 20.7 Å². The lowest BCUT2D eigenvalue weighted by atomic mass is 10.2. The molecular formula is C8H12N2O4S. The standard InChI is InChI=1S/C8H12N2O4S/c1-14-8(13)5-3-10-7(15-5)6(12)4(11)2-9/h3-4,6,11-12H,2,9H2,1H3. The molecule has 0 aliphatic carbocycles. The van der Waals surface area contributed by atoms with Crippen LogP contribution in [0.4, 0.5) is 0 Å². The van der Waals surface area contributed by atoms with Gasteiger partial charge in [0.05, 0.1) is 19.4 Å². The van der Waals surface area contributed by atoms with Crippen LogP contribution in [-0.2, 0) is 4.74 Å². The van der Waals surface area contributed by atoms with E-state index in [2.05, 4.69) is 9.72 Å². The summed E-state index contributed by atoms with van der Waals surface area (Å²) in [6, 6.07) is 0. The highest BCUT2D eigenvalue weighted by atomic mass is 32.1. The van der Waals surface area contributed by atoms with Crippen molar-refractivity contribution < 1.29 is 19.7 Å². The summed E-state index contributed by atoms with van der Waals surface area (Å²) >= 11 is 0.966. The van der Waals surface area contributed by atoms with Gasteiger partial charge in [0.25, 0.3) is 0 Å². The van der Waals surface area contributed by atoms with Crippen LogP contribution in [0.2, 0.25) is 0 Å². The van der Waals surface area contributed by atoms with Gasteiger partial charge >= 0.3 is 5.97 Å². The molecule has 0 amide bonds. The molecule has 2 atom stereocenters. The molecule has 1 aromatic rings. The van der Waals surface area contributed by atoms with E-state index in [9.17, 15) is 15.0 Å². The molecule has 0 aliphatic rings. The first kappa shape index (κ1) is 12.1. The van der Waals surface area contributed by atoms with Gasteiger partial charge in [0.1, 0.15) is 16.0 Å². The Bertz CT molecular complexity index is 341. The van der Waals surface area contributed by atoms with E-state index in [1.807, 2.05) is 0 Å². The van der Waals surface area contributed by atoms with Gasteiger partial charge in [-0.3, -0.25) is 0 Å². The number of hydrogen-bond acceptors (Lipinski definition) is 7. The highest BCUT2D eigenvalue weighted by Crippen LogP contribution is 2.22. The van der Waals surface area contributed by atoms with Crippen molar-refractivity contribution in [2.75, 3.05) is 13.7 Å². The Hall–Kier alpha value is -1.02. The molecule has 0 bridgehead atoms. The summed E-state index contributed by atoms with van der Waals surface area (Å²) in [5.41, 5.74) is 5.18. The Balaban J connectivity index is 2.79. The monoisotopic (exact) mass is 232 g/mol. The summed E-state index contributed by atoms with van der Waals surface area (Å²) in [6.07, 6.45) is -0.960. The minimum atomic E-state index is -1.17. The largest absolute Gasteiger partial charge is 0.465 e. The average molecular weight is 232 g/mol. The summed E-state index contributed by atoms with van der Waals surface area (Å²) in [5.74, 6) is -0.520. The van der Waals surface area contributed by atoms with Gasteiger partial charge in [-0.05, 0) is 0 Å². The second-order valence-corrected chi connectivity index (χ2v) is 3.86. The molecule has 2 unspecified atom stereocenters. The fourth-order valence-electron chi connectivity index (χ4n) is 0.913. The number of methoxy groups -OCH3 is 1. The van der Waals surface area contributed by atoms with Crippen LogP contribution in [0.1, 0.15) is 20.8 Å². The van der Waals surface area contributed by atoms with Gasteiger partial charge in [-0.25, -0.2) is 9.78 Å². The maximum absolute atomic E-state index is 11.1. The van der Waals surface area contributed by atoms with Crippen LogP contribution < -0.4 is 5.73 Å². The van der Waals surface area contributed by atoms with E-state index in [4.69, 9.17) is 5.73 Å². The number of rotatable bonds is 4. The predicted octanol–water partition coefficient (Wildman–Crippen LogP) is -0.717. The molecule has 0 fully saturated rings. The van der Waals surface area contributed by atoms with Crippen molar-refractivity contribution in [3.63, 3.8) is 0 Å². The third kappa shape index (κ3) is 2.72. The Morgan fingerprint density at radius 1 is 1.73 bits per heavy atom. The van der Waals surface area contributed by atoms with Crippen LogP contribution in [-0.4, -0.2) is 40.9 Å². The van der Waals surface area contributed by atoms with Crippen LogP contribution >= 0.6 is 11.3 Å². The quantitative estimate of drug-likeness (QED) is 0.592. The van der Waals surface area contributed by atoms with Crippen molar-refractivity contribution in [2.45, 2.75) is 12.2 Å². The van der Waals surface area contributed by atoms with Gasteiger partial charge in [0.15, 0.2) is 0 Å². The van der Waals surface area contributed by atoms with Crippen molar-refractivity contribution in [2.24, 2.45) is 5.73 Å². The number of aromatic nitrogens is 1. The van der Waals surface area contributed by atoms with Crippen molar-refractivity contribution in [3.8, 4) is 0 Å². The number of ether oxygens (including phenoxy) is 1. The average Bonchev–Trinajstić information content (AvgIpc) is 2.75. The highest BCUT2D eigenvalue weighted by Gasteiger charge is 2.21. The molecule has 4 N–H and O–H groups in total. The van der Waals surface area contributed by atoms with Crippen molar-refractivity contribution in [3.05, 3.63) is 16.1 Å². The first-order valence-corrected chi connectivity index (χ1v) is 5.02. The molecule has 7 heteroatoms. The van der Waals surface area contributed by atoms with Gasteiger partial charge in [-0.1, -0.05) is 0 Å². The number of aliphatic hydroxyl groups is 2. The van der Waals surface area contributed by atoms with Crippen LogP contribution in [0, 0.1) is 0 Å². The maximum Gasteiger partial charge on any atom is 0.349 e. The Labute approximate surface area is 90.3 Å². The molecule has 0 saturated heterocycles. The van der Waals surface area contributed by atoms with E-state index in [1.54, 1.807) is 0 Å². The number of carbonyl (C=O) groups excluding carboxylic acids is 1. The van der Waals surface area contributed by atoms with Crippen molar-refractivity contribution >= 4 is 17.3 Å². The zero-order valence-electron chi connectivity index (χ0n) is 8.08. The lowest BCUT2D eigenvalue weighted by Gasteiger charge is -2.12. The summed E-state index contributed by atoms with van der Waals surface area (Å²) in [4.78, 5) is 15.1. The van der Waals surface area contributed by atoms with Gasteiger partial charge in [-0.2, -0.15) is 0 Å². The van der Waals surface area contributed by atoms with Crippen molar-refractivity contribution in [1.82, 2.24) is 4.98 Å². The number of aliphatic hydroxyl groups excluding tert-OH is 2. The fraction of sp³-hybridized carbons (Fsp3) is 0.500. The number of hydrogen-bond donors (Lipinski definition) is 3. The van der Waals surface area contributed by atoms with Crippen LogP contribution in [0.3, 0.4) is 0 Å². The molecule has 1 rings (SSSR count). The Morgan fingerprint density at radius 2 is 2.40 bits per heavy atom. The van der Waals surface area contributed by atoms with E-state index >= 15 is 0 Å². The molecule has 84 valence electrons. The third-order valence-corrected chi connectivity index (χ3v) is 2.82. The number of nitrogens with zero attached hydrogens (tertiary/aromatic N) is 1. The highest BCUT2D eigenvalue weighted by molar-refractivity contribution is 7.13. The summed E-state index contributed by atoms with van der Waals surface area (Å²) < 4.78 is 4.48. The number of nitrogens with two attached hydrogens (primary N) is 1. The van der Waals surface area contributed by atoms with Gasteiger partial charge in [-0.15, -0.1) is 11.3 Å². The molecule has 1 aromatic heterocycles. The number of esters is 1. The van der Waals surface area contributed by atoms with E-state index in [-0.39, 0.29) is 16.4 Å². The van der Waals surface area contributed by atoms with Crippen LogP contribution in [0.15, 0.2) is 6.20 Å². The Kier molecular flexibility index (Phi) is 4.15. The normalized spacial score (nSPS) is 14.7. The molecule has 0 aliphatic heterocycles. The summed E-state index contributed by atoms with van der Waals surface area (Å²) in [7, 11) is 1.26. The molecule has 1 heterocycles. The fourth-order valence-corrected chi connectivity index (χ4v) is 1.79. The van der Waals surface area contributed by atoms with E-state index in [0.29, 0.717) is 0 Å². The molecule has 0 spiro atoms. The molecule has 0 aromatic carbocycles. The Morgan fingerprint density at radius 3 is 2.93 bits per heavy atom. The van der Waals surface area contributed by atoms with Crippen LogP contribution in [0.5, 0.6) is 0 Å². The second kappa shape index (κ2) is 5.17. The third-order valence-electron chi connectivity index (χ3n) is 1.77. The molecule has 15 heavy (non-hydrogen) atoms. The smallest absolute Gasteiger partial charge is 0.349 e. The first-order valence-electron chi connectivity index (χ1n) is 4.20. The van der Waals surface area contributed by atoms with Crippen LogP contribution in [0.25, 0.3) is 0 Å².